The Kier molecular flexibility index (Phi) is 5.84. The third kappa shape index (κ3) is 4.94. The van der Waals surface area contributed by atoms with Gasteiger partial charge in [-0.05, 0) is 35.9 Å². The summed E-state index contributed by atoms with van der Waals surface area (Å²) in [5.74, 6) is -1.19. The predicted octanol–water partition coefficient (Wildman–Crippen LogP) is 2.48. The van der Waals surface area contributed by atoms with Crippen molar-refractivity contribution < 1.29 is 14.0 Å². The van der Waals surface area contributed by atoms with Gasteiger partial charge in [0, 0.05) is 42.8 Å². The molecule has 2 amide bonds. The molecule has 0 spiro atoms. The van der Waals surface area contributed by atoms with Gasteiger partial charge in [0.1, 0.15) is 11.5 Å². The lowest BCUT2D eigenvalue weighted by atomic mass is 10.2. The lowest BCUT2D eigenvalue weighted by Gasteiger charge is -2.08. The Morgan fingerprint density at radius 3 is 2.41 bits per heavy atom. The second-order valence-corrected chi connectivity index (χ2v) is 5.74. The number of benzene rings is 1. The Morgan fingerprint density at radius 1 is 0.889 bits per heavy atom. The molecule has 0 fully saturated rings. The topological polar surface area (TPSA) is 84.0 Å². The maximum absolute atomic E-state index is 13.6. The first-order chi connectivity index (χ1) is 13.1. The Hall–Kier alpha value is -3.61. The SMILES string of the molecule is O=C(NCc1ccccc1F)c1ccnc(C(=O)NCc2ccncc2)c1. The maximum Gasteiger partial charge on any atom is 0.270 e. The number of amides is 2. The number of hydrogen-bond donors (Lipinski definition) is 2. The molecule has 0 saturated carbocycles. The Labute approximate surface area is 155 Å². The van der Waals surface area contributed by atoms with E-state index in [1.165, 1.54) is 24.4 Å². The van der Waals surface area contributed by atoms with Crippen molar-refractivity contribution in [1.29, 1.82) is 0 Å². The van der Waals surface area contributed by atoms with Crippen LogP contribution in [0.15, 0.2) is 67.1 Å². The van der Waals surface area contributed by atoms with Crippen LogP contribution in [0.4, 0.5) is 4.39 Å². The van der Waals surface area contributed by atoms with Crippen LogP contribution in [0.5, 0.6) is 0 Å². The van der Waals surface area contributed by atoms with Gasteiger partial charge in [-0.3, -0.25) is 19.6 Å². The molecule has 2 N–H and O–H groups in total. The standard InChI is InChI=1S/C20H17FN4O2/c21-17-4-2-1-3-16(17)13-25-19(26)15-7-10-23-18(11-15)20(27)24-12-14-5-8-22-9-6-14/h1-11H,12-13H2,(H,24,27)(H,25,26). The highest BCUT2D eigenvalue weighted by molar-refractivity contribution is 5.98. The van der Waals surface area contributed by atoms with E-state index < -0.39 is 11.8 Å². The fraction of sp³-hybridized carbons (Fsp3) is 0.100. The van der Waals surface area contributed by atoms with Gasteiger partial charge in [0.05, 0.1) is 0 Å². The van der Waals surface area contributed by atoms with Crippen LogP contribution in [0, 0.1) is 5.82 Å². The second-order valence-electron chi connectivity index (χ2n) is 5.74. The number of rotatable bonds is 6. The van der Waals surface area contributed by atoms with Crippen LogP contribution in [0.2, 0.25) is 0 Å². The first-order valence-corrected chi connectivity index (χ1v) is 8.28. The summed E-state index contributed by atoms with van der Waals surface area (Å²) in [7, 11) is 0. The minimum Gasteiger partial charge on any atom is -0.348 e. The van der Waals surface area contributed by atoms with E-state index in [2.05, 4.69) is 20.6 Å². The Morgan fingerprint density at radius 2 is 1.63 bits per heavy atom. The van der Waals surface area contributed by atoms with Gasteiger partial charge in [-0.25, -0.2) is 4.39 Å². The van der Waals surface area contributed by atoms with Gasteiger partial charge in [-0.2, -0.15) is 0 Å². The van der Waals surface area contributed by atoms with E-state index in [4.69, 9.17) is 0 Å². The molecule has 27 heavy (non-hydrogen) atoms. The highest BCUT2D eigenvalue weighted by Crippen LogP contribution is 2.07. The van der Waals surface area contributed by atoms with Gasteiger partial charge in [0.15, 0.2) is 0 Å². The zero-order valence-electron chi connectivity index (χ0n) is 14.4. The number of hydrogen-bond acceptors (Lipinski definition) is 4. The van der Waals surface area contributed by atoms with Crippen LogP contribution in [-0.4, -0.2) is 21.8 Å². The summed E-state index contributed by atoms with van der Waals surface area (Å²) in [5, 5.41) is 5.37. The van der Waals surface area contributed by atoms with Crippen molar-refractivity contribution in [3.8, 4) is 0 Å². The second kappa shape index (κ2) is 8.66. The number of aromatic nitrogens is 2. The molecule has 0 radical (unpaired) electrons. The van der Waals surface area contributed by atoms with Gasteiger partial charge >= 0.3 is 0 Å². The summed E-state index contributed by atoms with van der Waals surface area (Å²) >= 11 is 0. The number of halogens is 1. The maximum atomic E-state index is 13.6. The molecule has 3 aromatic rings. The quantitative estimate of drug-likeness (QED) is 0.704. The molecule has 0 saturated heterocycles. The molecule has 2 heterocycles. The fourth-order valence-corrected chi connectivity index (χ4v) is 2.39. The highest BCUT2D eigenvalue weighted by Gasteiger charge is 2.12. The van der Waals surface area contributed by atoms with Crippen molar-refractivity contribution in [2.24, 2.45) is 0 Å². The van der Waals surface area contributed by atoms with Crippen molar-refractivity contribution in [3.63, 3.8) is 0 Å². The molecule has 0 unspecified atom stereocenters. The Balaban J connectivity index is 1.61. The van der Waals surface area contributed by atoms with E-state index >= 15 is 0 Å². The predicted molar refractivity (Wildman–Crippen MR) is 97.2 cm³/mol. The lowest BCUT2D eigenvalue weighted by molar-refractivity contribution is 0.0946. The summed E-state index contributed by atoms with van der Waals surface area (Å²) in [6.07, 6.45) is 4.67. The summed E-state index contributed by atoms with van der Waals surface area (Å²) in [6, 6.07) is 12.7. The van der Waals surface area contributed by atoms with Gasteiger partial charge in [0.2, 0.25) is 0 Å². The summed E-state index contributed by atoms with van der Waals surface area (Å²) < 4.78 is 13.6. The van der Waals surface area contributed by atoms with Crippen molar-refractivity contribution in [2.75, 3.05) is 0 Å². The minimum absolute atomic E-state index is 0.0530. The van der Waals surface area contributed by atoms with Crippen LogP contribution in [0.3, 0.4) is 0 Å². The monoisotopic (exact) mass is 364 g/mol. The number of nitrogens with zero attached hydrogens (tertiary/aromatic N) is 2. The van der Waals surface area contributed by atoms with E-state index in [1.54, 1.807) is 42.7 Å². The zero-order valence-corrected chi connectivity index (χ0v) is 14.4. The van der Waals surface area contributed by atoms with Crippen molar-refractivity contribution >= 4 is 11.8 Å². The van der Waals surface area contributed by atoms with E-state index in [0.29, 0.717) is 12.1 Å². The number of carbonyl (C=O) groups excluding carboxylic acids is 2. The molecule has 0 atom stereocenters. The van der Waals surface area contributed by atoms with Crippen molar-refractivity contribution in [3.05, 3.63) is 95.3 Å². The van der Waals surface area contributed by atoms with Gasteiger partial charge in [-0.15, -0.1) is 0 Å². The van der Waals surface area contributed by atoms with Gasteiger partial charge < -0.3 is 10.6 Å². The van der Waals surface area contributed by atoms with E-state index in [1.807, 2.05) is 0 Å². The van der Waals surface area contributed by atoms with E-state index in [-0.39, 0.29) is 23.6 Å². The molecule has 6 nitrogen and oxygen atoms in total. The van der Waals surface area contributed by atoms with E-state index in [9.17, 15) is 14.0 Å². The highest BCUT2D eigenvalue weighted by atomic mass is 19.1. The lowest BCUT2D eigenvalue weighted by Crippen LogP contribution is -2.26. The minimum atomic E-state index is -0.413. The van der Waals surface area contributed by atoms with Gasteiger partial charge in [0.25, 0.3) is 11.8 Å². The normalized spacial score (nSPS) is 10.3. The smallest absolute Gasteiger partial charge is 0.270 e. The van der Waals surface area contributed by atoms with Crippen LogP contribution in [-0.2, 0) is 13.1 Å². The van der Waals surface area contributed by atoms with E-state index in [0.717, 1.165) is 5.56 Å². The van der Waals surface area contributed by atoms with Crippen LogP contribution >= 0.6 is 0 Å². The fourth-order valence-electron chi connectivity index (χ4n) is 2.39. The number of nitrogens with one attached hydrogen (secondary N) is 2. The Bertz CT molecular complexity index is 947. The molecule has 1 aromatic carbocycles. The zero-order chi connectivity index (χ0) is 19.1. The number of pyridine rings is 2. The molecule has 0 aliphatic rings. The summed E-state index contributed by atoms with van der Waals surface area (Å²) in [4.78, 5) is 32.4. The molecule has 0 aliphatic heterocycles. The molecular weight excluding hydrogens is 347 g/mol. The molecule has 3 rings (SSSR count). The molecule has 7 heteroatoms. The largest absolute Gasteiger partial charge is 0.348 e. The molecule has 0 bridgehead atoms. The van der Waals surface area contributed by atoms with Crippen LogP contribution < -0.4 is 10.6 Å². The molecular formula is C20H17FN4O2. The molecule has 0 aliphatic carbocycles. The van der Waals surface area contributed by atoms with Gasteiger partial charge in [-0.1, -0.05) is 18.2 Å². The third-order valence-corrected chi connectivity index (χ3v) is 3.85. The van der Waals surface area contributed by atoms with Crippen LogP contribution in [0.25, 0.3) is 0 Å². The van der Waals surface area contributed by atoms with Crippen molar-refractivity contribution in [2.45, 2.75) is 13.1 Å². The average molecular weight is 364 g/mol. The first-order valence-electron chi connectivity index (χ1n) is 8.28. The summed E-state index contributed by atoms with van der Waals surface area (Å²) in [6.45, 7) is 0.379. The number of carbonyl (C=O) groups is 2. The average Bonchev–Trinajstić information content (AvgIpc) is 2.72. The van der Waals surface area contributed by atoms with Crippen molar-refractivity contribution in [1.82, 2.24) is 20.6 Å². The first kappa shape index (κ1) is 18.2. The molecule has 136 valence electrons. The molecule has 2 aromatic heterocycles. The third-order valence-electron chi connectivity index (χ3n) is 3.85. The summed E-state index contributed by atoms with van der Waals surface area (Å²) in [5.41, 5.74) is 1.69. The van der Waals surface area contributed by atoms with Crippen LogP contribution in [0.1, 0.15) is 32.0 Å².